The molecule has 0 bridgehead atoms. The Morgan fingerprint density at radius 3 is 2.93 bits per heavy atom. The number of likely N-dealkylation sites (tertiary alicyclic amines) is 1. The minimum atomic E-state index is -0.299. The van der Waals surface area contributed by atoms with Gasteiger partial charge in [-0.2, -0.15) is 0 Å². The quantitative estimate of drug-likeness (QED) is 0.715. The SMILES string of the molecule is Cc1nc2n(c(=O)c1CC[NH+]1CCC(c3noc4cc(F)ccc34)CC1)CCCC2. The second kappa shape index (κ2) is 7.95. The summed E-state index contributed by atoms with van der Waals surface area (Å²) >= 11 is 0. The molecule has 2 aromatic heterocycles. The molecule has 1 N–H and O–H groups in total. The monoisotopic (exact) mass is 411 g/mol. The van der Waals surface area contributed by atoms with E-state index in [9.17, 15) is 9.18 Å². The zero-order chi connectivity index (χ0) is 20.7. The first-order valence-corrected chi connectivity index (χ1v) is 11.1. The van der Waals surface area contributed by atoms with Crippen molar-refractivity contribution in [2.45, 2.75) is 57.9 Å². The molecule has 0 unspecified atom stereocenters. The number of aromatic nitrogens is 3. The maximum absolute atomic E-state index is 13.4. The number of piperidine rings is 1. The highest BCUT2D eigenvalue weighted by atomic mass is 19.1. The van der Waals surface area contributed by atoms with E-state index in [2.05, 4.69) is 5.16 Å². The zero-order valence-corrected chi connectivity index (χ0v) is 17.4. The number of fused-ring (bicyclic) bond motifs is 2. The van der Waals surface area contributed by atoms with Crippen molar-refractivity contribution in [2.24, 2.45) is 0 Å². The normalized spacial score (nSPS) is 21.7. The summed E-state index contributed by atoms with van der Waals surface area (Å²) in [6, 6.07) is 4.64. The molecule has 0 saturated carbocycles. The Bertz CT molecular complexity index is 1130. The first-order chi connectivity index (χ1) is 14.6. The molecule has 1 aromatic carbocycles. The van der Waals surface area contributed by atoms with E-state index >= 15 is 0 Å². The number of nitrogens with zero attached hydrogens (tertiary/aromatic N) is 3. The van der Waals surface area contributed by atoms with Gasteiger partial charge >= 0.3 is 0 Å². The molecule has 1 saturated heterocycles. The number of quaternary nitrogens is 1. The Morgan fingerprint density at radius 1 is 1.27 bits per heavy atom. The van der Waals surface area contributed by atoms with Crippen molar-refractivity contribution in [1.82, 2.24) is 14.7 Å². The molecule has 158 valence electrons. The molecule has 2 aliphatic rings. The number of hydrogen-bond donors (Lipinski definition) is 1. The van der Waals surface area contributed by atoms with Gasteiger partial charge in [0.2, 0.25) is 0 Å². The third-order valence-electron chi connectivity index (χ3n) is 6.85. The molecule has 5 rings (SSSR count). The molecule has 0 spiro atoms. The molecule has 0 radical (unpaired) electrons. The Labute approximate surface area is 174 Å². The van der Waals surface area contributed by atoms with Crippen molar-refractivity contribution < 1.29 is 13.8 Å². The van der Waals surface area contributed by atoms with E-state index in [-0.39, 0.29) is 11.4 Å². The first-order valence-electron chi connectivity index (χ1n) is 11.1. The van der Waals surface area contributed by atoms with Crippen LogP contribution in [-0.4, -0.2) is 34.3 Å². The summed E-state index contributed by atoms with van der Waals surface area (Å²) in [6.45, 7) is 5.82. The van der Waals surface area contributed by atoms with Crippen LogP contribution < -0.4 is 10.5 Å². The average molecular weight is 412 g/mol. The molecule has 7 heteroatoms. The van der Waals surface area contributed by atoms with Crippen LogP contribution >= 0.6 is 0 Å². The number of nitrogens with one attached hydrogen (secondary N) is 1. The van der Waals surface area contributed by atoms with Gasteiger partial charge in [-0.25, -0.2) is 9.37 Å². The predicted molar refractivity (Wildman–Crippen MR) is 111 cm³/mol. The van der Waals surface area contributed by atoms with Crippen LogP contribution in [0.1, 0.15) is 54.4 Å². The van der Waals surface area contributed by atoms with E-state index in [0.717, 1.165) is 92.9 Å². The summed E-state index contributed by atoms with van der Waals surface area (Å²) in [5.41, 5.74) is 3.45. The lowest BCUT2D eigenvalue weighted by molar-refractivity contribution is -0.905. The van der Waals surface area contributed by atoms with Crippen molar-refractivity contribution in [2.75, 3.05) is 19.6 Å². The average Bonchev–Trinajstić information content (AvgIpc) is 3.17. The fourth-order valence-electron chi connectivity index (χ4n) is 5.10. The molecule has 6 nitrogen and oxygen atoms in total. The lowest BCUT2D eigenvalue weighted by Crippen LogP contribution is -3.13. The van der Waals surface area contributed by atoms with Gasteiger partial charge in [0.1, 0.15) is 11.6 Å². The van der Waals surface area contributed by atoms with Crippen LogP contribution in [0.15, 0.2) is 27.5 Å². The van der Waals surface area contributed by atoms with Crippen molar-refractivity contribution in [3.8, 4) is 0 Å². The Balaban J connectivity index is 1.23. The highest BCUT2D eigenvalue weighted by Gasteiger charge is 2.28. The van der Waals surface area contributed by atoms with Gasteiger partial charge in [-0.15, -0.1) is 0 Å². The lowest BCUT2D eigenvalue weighted by Gasteiger charge is -2.28. The van der Waals surface area contributed by atoms with Crippen LogP contribution in [0.5, 0.6) is 0 Å². The van der Waals surface area contributed by atoms with Crippen molar-refractivity contribution in [1.29, 1.82) is 0 Å². The van der Waals surface area contributed by atoms with Crippen LogP contribution in [0.2, 0.25) is 0 Å². The topological polar surface area (TPSA) is 65.4 Å². The summed E-state index contributed by atoms with van der Waals surface area (Å²) in [5.74, 6) is 1.01. The van der Waals surface area contributed by atoms with Gasteiger partial charge in [0, 0.05) is 60.9 Å². The highest BCUT2D eigenvalue weighted by molar-refractivity contribution is 5.79. The molecule has 0 amide bonds. The van der Waals surface area contributed by atoms with E-state index in [4.69, 9.17) is 9.51 Å². The van der Waals surface area contributed by atoms with E-state index in [1.807, 2.05) is 11.5 Å². The van der Waals surface area contributed by atoms with E-state index in [0.29, 0.717) is 11.5 Å². The van der Waals surface area contributed by atoms with Crippen LogP contribution in [0.4, 0.5) is 4.39 Å². The van der Waals surface area contributed by atoms with Gasteiger partial charge in [-0.1, -0.05) is 5.16 Å². The van der Waals surface area contributed by atoms with E-state index < -0.39 is 0 Å². The minimum Gasteiger partial charge on any atom is -0.356 e. The summed E-state index contributed by atoms with van der Waals surface area (Å²) in [7, 11) is 0. The maximum Gasteiger partial charge on any atom is 0.257 e. The van der Waals surface area contributed by atoms with Crippen molar-refractivity contribution in [3.63, 3.8) is 0 Å². The zero-order valence-electron chi connectivity index (χ0n) is 17.4. The molecule has 30 heavy (non-hydrogen) atoms. The van der Waals surface area contributed by atoms with E-state index in [1.54, 1.807) is 6.07 Å². The second-order valence-corrected chi connectivity index (χ2v) is 8.74. The molecule has 2 aliphatic heterocycles. The van der Waals surface area contributed by atoms with Crippen LogP contribution in [0.3, 0.4) is 0 Å². The van der Waals surface area contributed by atoms with Gasteiger partial charge in [0.15, 0.2) is 5.58 Å². The number of benzene rings is 1. The molecule has 3 aromatic rings. The molecular weight excluding hydrogens is 383 g/mol. The lowest BCUT2D eigenvalue weighted by atomic mass is 9.91. The first kappa shape index (κ1) is 19.4. The Hall–Kier alpha value is -2.54. The summed E-state index contributed by atoms with van der Waals surface area (Å²) in [6.07, 6.45) is 5.94. The van der Waals surface area contributed by atoms with Gasteiger partial charge in [-0.05, 0) is 31.9 Å². The Morgan fingerprint density at radius 2 is 2.10 bits per heavy atom. The molecule has 4 heterocycles. The summed E-state index contributed by atoms with van der Waals surface area (Å²) in [5, 5.41) is 5.16. The van der Waals surface area contributed by atoms with Gasteiger partial charge in [-0.3, -0.25) is 9.36 Å². The fraction of sp³-hybridized carbons (Fsp3) is 0.522. The number of aryl methyl sites for hydroxylation is 2. The van der Waals surface area contributed by atoms with Crippen LogP contribution in [0, 0.1) is 12.7 Å². The number of halogens is 1. The highest BCUT2D eigenvalue weighted by Crippen LogP contribution is 2.30. The fourth-order valence-corrected chi connectivity index (χ4v) is 5.10. The summed E-state index contributed by atoms with van der Waals surface area (Å²) in [4.78, 5) is 19.2. The van der Waals surface area contributed by atoms with Crippen LogP contribution in [-0.2, 0) is 19.4 Å². The van der Waals surface area contributed by atoms with Gasteiger partial charge in [0.05, 0.1) is 25.3 Å². The van der Waals surface area contributed by atoms with Crippen molar-refractivity contribution >= 4 is 11.0 Å². The van der Waals surface area contributed by atoms with Crippen LogP contribution in [0.25, 0.3) is 11.0 Å². The second-order valence-electron chi connectivity index (χ2n) is 8.74. The predicted octanol–water partition coefficient (Wildman–Crippen LogP) is 2.17. The third kappa shape index (κ3) is 3.55. The Kier molecular flexibility index (Phi) is 5.15. The maximum atomic E-state index is 13.4. The third-order valence-corrected chi connectivity index (χ3v) is 6.85. The number of hydrogen-bond acceptors (Lipinski definition) is 4. The van der Waals surface area contributed by atoms with Gasteiger partial charge in [0.25, 0.3) is 5.56 Å². The largest absolute Gasteiger partial charge is 0.356 e. The smallest absolute Gasteiger partial charge is 0.257 e. The molecular formula is C23H28FN4O2+. The van der Waals surface area contributed by atoms with Gasteiger partial charge < -0.3 is 9.42 Å². The summed E-state index contributed by atoms with van der Waals surface area (Å²) < 4.78 is 20.6. The molecule has 0 aliphatic carbocycles. The minimum absolute atomic E-state index is 0.174. The van der Waals surface area contributed by atoms with Crippen molar-refractivity contribution in [3.05, 3.63) is 57.1 Å². The molecule has 0 atom stereocenters. The number of rotatable bonds is 4. The van der Waals surface area contributed by atoms with E-state index in [1.165, 1.54) is 17.0 Å². The molecule has 1 fully saturated rings. The standard InChI is InChI=1S/C23H27FN4O2/c1-15-18(23(29)28-10-3-2-4-21(28)25-15)9-13-27-11-7-16(8-12-27)22-19-6-5-17(24)14-20(19)30-26-22/h5-6,14,16H,2-4,7-13H2,1H3/p+1.